The standard InChI is InChI=1S/C26H26BrClN2O7/c1-35-30-24(32)15-37-22-11-23(20(28)10-18(22)12-29-21(13-31)26(33)34)36-14-17-8-5-9-19(25(17)27)16-6-3-2-4-7-16/h2-11,21,29,31H,12-15H2,1H3,(H,30,32)(H,33,34)/t21-/m0/s1. The van der Waals surface area contributed by atoms with E-state index < -0.39 is 24.5 Å². The van der Waals surface area contributed by atoms with Gasteiger partial charge in [-0.15, -0.1) is 0 Å². The molecule has 37 heavy (non-hydrogen) atoms. The van der Waals surface area contributed by atoms with Gasteiger partial charge < -0.3 is 19.7 Å². The number of carboxylic acid groups (broad SMARTS) is 1. The Morgan fingerprint density at radius 1 is 1.03 bits per heavy atom. The fourth-order valence-corrected chi connectivity index (χ4v) is 4.24. The molecule has 0 heterocycles. The highest BCUT2D eigenvalue weighted by Crippen LogP contribution is 2.35. The molecule has 11 heteroatoms. The van der Waals surface area contributed by atoms with E-state index in [9.17, 15) is 19.8 Å². The average molecular weight is 594 g/mol. The second kappa shape index (κ2) is 14.0. The Morgan fingerprint density at radius 3 is 2.46 bits per heavy atom. The van der Waals surface area contributed by atoms with E-state index in [2.05, 4.69) is 31.6 Å². The van der Waals surface area contributed by atoms with Crippen molar-refractivity contribution >= 4 is 39.4 Å². The Bertz CT molecular complexity index is 1230. The number of carbonyl (C=O) groups is 2. The Kier molecular flexibility index (Phi) is 10.7. The van der Waals surface area contributed by atoms with E-state index in [-0.39, 0.29) is 30.5 Å². The van der Waals surface area contributed by atoms with Crippen LogP contribution in [0, 0.1) is 0 Å². The van der Waals surface area contributed by atoms with Crippen molar-refractivity contribution < 1.29 is 34.1 Å². The number of nitrogens with one attached hydrogen (secondary N) is 2. The summed E-state index contributed by atoms with van der Waals surface area (Å²) in [7, 11) is 1.30. The predicted molar refractivity (Wildman–Crippen MR) is 141 cm³/mol. The molecule has 0 aliphatic heterocycles. The summed E-state index contributed by atoms with van der Waals surface area (Å²) in [6.45, 7) is -0.778. The SMILES string of the molecule is CONC(=O)COc1cc(OCc2cccc(-c3ccccc3)c2Br)c(Cl)cc1CN[C@@H](CO)C(=O)O. The number of hydrogen-bond acceptors (Lipinski definition) is 7. The van der Waals surface area contributed by atoms with Crippen molar-refractivity contribution in [1.29, 1.82) is 0 Å². The third-order valence-corrected chi connectivity index (χ3v) is 6.49. The number of amides is 1. The van der Waals surface area contributed by atoms with Crippen LogP contribution in [0.5, 0.6) is 11.5 Å². The Morgan fingerprint density at radius 2 is 1.78 bits per heavy atom. The maximum absolute atomic E-state index is 11.8. The minimum Gasteiger partial charge on any atom is -0.487 e. The van der Waals surface area contributed by atoms with Crippen molar-refractivity contribution in [2.75, 3.05) is 20.3 Å². The van der Waals surface area contributed by atoms with Crippen LogP contribution in [0.4, 0.5) is 0 Å². The second-order valence-electron chi connectivity index (χ2n) is 7.80. The molecule has 1 atom stereocenters. The molecule has 0 aromatic heterocycles. The molecule has 196 valence electrons. The maximum atomic E-state index is 11.8. The van der Waals surface area contributed by atoms with Crippen LogP contribution >= 0.6 is 27.5 Å². The van der Waals surface area contributed by atoms with Gasteiger partial charge in [-0.05, 0) is 33.1 Å². The summed E-state index contributed by atoms with van der Waals surface area (Å²) in [5.74, 6) is -1.18. The maximum Gasteiger partial charge on any atom is 0.323 e. The number of carboxylic acids is 1. The summed E-state index contributed by atoms with van der Waals surface area (Å²) >= 11 is 10.1. The fourth-order valence-electron chi connectivity index (χ4n) is 3.40. The molecule has 9 nitrogen and oxygen atoms in total. The lowest BCUT2D eigenvalue weighted by Gasteiger charge is -2.18. The van der Waals surface area contributed by atoms with Crippen molar-refractivity contribution in [1.82, 2.24) is 10.8 Å². The van der Waals surface area contributed by atoms with Gasteiger partial charge in [-0.25, -0.2) is 5.48 Å². The molecule has 3 aromatic rings. The molecule has 0 radical (unpaired) electrons. The highest BCUT2D eigenvalue weighted by atomic mass is 79.9. The molecule has 3 rings (SSSR count). The summed E-state index contributed by atoms with van der Waals surface area (Å²) in [6.07, 6.45) is 0. The van der Waals surface area contributed by atoms with E-state index in [1.807, 2.05) is 48.5 Å². The first-order chi connectivity index (χ1) is 17.8. The van der Waals surface area contributed by atoms with E-state index in [0.29, 0.717) is 11.3 Å². The molecule has 0 unspecified atom stereocenters. The quantitative estimate of drug-likeness (QED) is 0.220. The van der Waals surface area contributed by atoms with Crippen LogP contribution in [0.25, 0.3) is 11.1 Å². The lowest BCUT2D eigenvalue weighted by atomic mass is 10.0. The second-order valence-corrected chi connectivity index (χ2v) is 9.00. The van der Waals surface area contributed by atoms with Crippen LogP contribution in [-0.4, -0.2) is 48.5 Å². The number of hydrogen-bond donors (Lipinski definition) is 4. The highest BCUT2D eigenvalue weighted by molar-refractivity contribution is 9.10. The third-order valence-electron chi connectivity index (χ3n) is 5.26. The first kappa shape index (κ1) is 28.4. The lowest BCUT2D eigenvalue weighted by Crippen LogP contribution is -2.39. The van der Waals surface area contributed by atoms with Gasteiger partial charge in [0.15, 0.2) is 6.61 Å². The van der Waals surface area contributed by atoms with E-state index in [0.717, 1.165) is 21.2 Å². The first-order valence-electron chi connectivity index (χ1n) is 11.1. The summed E-state index contributed by atoms with van der Waals surface area (Å²) in [5.41, 5.74) is 5.58. The number of ether oxygens (including phenoxy) is 2. The molecular formula is C26H26BrClN2O7. The van der Waals surface area contributed by atoms with Crippen LogP contribution in [0.3, 0.4) is 0 Å². The van der Waals surface area contributed by atoms with Crippen molar-refractivity contribution in [3.05, 3.63) is 81.3 Å². The minimum absolute atomic E-state index is 0.00340. The van der Waals surface area contributed by atoms with E-state index in [1.54, 1.807) is 6.07 Å². The largest absolute Gasteiger partial charge is 0.487 e. The van der Waals surface area contributed by atoms with Gasteiger partial charge in [0.25, 0.3) is 5.91 Å². The Balaban J connectivity index is 1.82. The molecule has 0 bridgehead atoms. The van der Waals surface area contributed by atoms with Gasteiger partial charge in [-0.1, -0.05) is 60.1 Å². The van der Waals surface area contributed by atoms with Crippen LogP contribution in [0.1, 0.15) is 11.1 Å². The number of aliphatic hydroxyl groups excluding tert-OH is 1. The Hall–Kier alpha value is -3.15. The number of halogens is 2. The average Bonchev–Trinajstić information content (AvgIpc) is 2.89. The van der Waals surface area contributed by atoms with Crippen LogP contribution in [0.2, 0.25) is 5.02 Å². The number of hydroxylamine groups is 1. The van der Waals surface area contributed by atoms with Gasteiger partial charge in [-0.3, -0.25) is 19.7 Å². The van der Waals surface area contributed by atoms with Crippen molar-refractivity contribution in [2.45, 2.75) is 19.2 Å². The van der Waals surface area contributed by atoms with Gasteiger partial charge in [0.1, 0.15) is 24.1 Å². The predicted octanol–water partition coefficient (Wildman–Crippen LogP) is 3.94. The van der Waals surface area contributed by atoms with Crippen LogP contribution in [0.15, 0.2) is 65.1 Å². The number of aliphatic hydroxyl groups is 1. The molecule has 1 amide bonds. The van der Waals surface area contributed by atoms with Crippen LogP contribution in [-0.2, 0) is 27.6 Å². The summed E-state index contributed by atoms with van der Waals surface area (Å²) < 4.78 is 12.5. The summed E-state index contributed by atoms with van der Waals surface area (Å²) in [5, 5.41) is 21.4. The van der Waals surface area contributed by atoms with Gasteiger partial charge in [0.2, 0.25) is 0 Å². The monoisotopic (exact) mass is 592 g/mol. The zero-order valence-corrected chi connectivity index (χ0v) is 22.2. The third kappa shape index (κ3) is 7.91. The van der Waals surface area contributed by atoms with Gasteiger partial charge in [-0.2, -0.15) is 0 Å². The van der Waals surface area contributed by atoms with Crippen molar-refractivity contribution in [2.24, 2.45) is 0 Å². The van der Waals surface area contributed by atoms with Crippen LogP contribution < -0.4 is 20.3 Å². The number of carbonyl (C=O) groups excluding carboxylic acids is 1. The van der Waals surface area contributed by atoms with E-state index in [1.165, 1.54) is 13.2 Å². The summed E-state index contributed by atoms with van der Waals surface area (Å²) in [4.78, 5) is 27.7. The normalized spacial score (nSPS) is 11.6. The highest BCUT2D eigenvalue weighted by Gasteiger charge is 2.19. The van der Waals surface area contributed by atoms with E-state index in [4.69, 9.17) is 21.1 Å². The van der Waals surface area contributed by atoms with E-state index >= 15 is 0 Å². The molecule has 0 saturated heterocycles. The molecule has 0 aliphatic carbocycles. The molecule has 0 saturated carbocycles. The molecule has 0 spiro atoms. The van der Waals surface area contributed by atoms with Gasteiger partial charge >= 0.3 is 5.97 Å². The number of rotatable bonds is 13. The first-order valence-corrected chi connectivity index (χ1v) is 12.3. The fraction of sp³-hybridized carbons (Fsp3) is 0.231. The Labute approximate surface area is 227 Å². The molecule has 0 fully saturated rings. The number of aliphatic carboxylic acids is 1. The molecule has 0 aliphatic rings. The van der Waals surface area contributed by atoms with Gasteiger partial charge in [0.05, 0.1) is 18.7 Å². The molecular weight excluding hydrogens is 568 g/mol. The smallest absolute Gasteiger partial charge is 0.323 e. The molecule has 3 aromatic carbocycles. The van der Waals surface area contributed by atoms with Crippen molar-refractivity contribution in [3.63, 3.8) is 0 Å². The minimum atomic E-state index is -1.21. The zero-order valence-electron chi connectivity index (χ0n) is 19.9. The lowest BCUT2D eigenvalue weighted by molar-refractivity contribution is -0.140. The molecule has 4 N–H and O–H groups in total. The topological polar surface area (TPSA) is 126 Å². The van der Waals surface area contributed by atoms with Crippen molar-refractivity contribution in [3.8, 4) is 22.6 Å². The zero-order chi connectivity index (χ0) is 26.8. The van der Waals surface area contributed by atoms with Gasteiger partial charge in [0, 0.05) is 28.2 Å². The summed E-state index contributed by atoms with van der Waals surface area (Å²) in [6, 6.07) is 17.7. The number of benzene rings is 3.